The zero-order chi connectivity index (χ0) is 7.40. The molecule has 1 fully saturated rings. The van der Waals surface area contributed by atoms with Crippen LogP contribution < -0.4 is 0 Å². The summed E-state index contributed by atoms with van der Waals surface area (Å²) < 4.78 is 5.09. The van der Waals surface area contributed by atoms with Crippen molar-refractivity contribution >= 4 is 0 Å². The number of methoxy groups -OCH3 is 1. The zero-order valence-electron chi connectivity index (χ0n) is 6.73. The molecular formula is C9H16O. The quantitative estimate of drug-likeness (QED) is 0.535. The monoisotopic (exact) mass is 140 g/mol. The Balaban J connectivity index is 2.32. The van der Waals surface area contributed by atoms with Gasteiger partial charge in [-0.3, -0.25) is 0 Å². The molecule has 0 amide bonds. The van der Waals surface area contributed by atoms with Crippen molar-refractivity contribution in [2.45, 2.75) is 25.7 Å². The predicted octanol–water partition coefficient (Wildman–Crippen LogP) is 2.38. The number of rotatable bonds is 2. The highest BCUT2D eigenvalue weighted by Gasteiger charge is 2.15. The van der Waals surface area contributed by atoms with Crippen molar-refractivity contribution in [3.05, 3.63) is 12.2 Å². The van der Waals surface area contributed by atoms with Crippen molar-refractivity contribution in [1.29, 1.82) is 0 Å². The SMILES string of the molecule is C=C1CCCCC1COC. The van der Waals surface area contributed by atoms with Gasteiger partial charge < -0.3 is 4.74 Å². The lowest BCUT2D eigenvalue weighted by molar-refractivity contribution is 0.154. The van der Waals surface area contributed by atoms with E-state index in [1.54, 1.807) is 7.11 Å². The second kappa shape index (κ2) is 3.77. The third-order valence-corrected chi connectivity index (χ3v) is 2.25. The van der Waals surface area contributed by atoms with Gasteiger partial charge in [-0.1, -0.05) is 18.6 Å². The van der Waals surface area contributed by atoms with Crippen molar-refractivity contribution in [3.8, 4) is 0 Å². The molecule has 1 rings (SSSR count). The van der Waals surface area contributed by atoms with E-state index in [4.69, 9.17) is 4.74 Å². The van der Waals surface area contributed by atoms with E-state index in [0.717, 1.165) is 6.61 Å². The Bertz CT molecular complexity index is 116. The maximum Gasteiger partial charge on any atom is 0.0527 e. The maximum atomic E-state index is 5.09. The molecule has 0 N–H and O–H groups in total. The fourth-order valence-corrected chi connectivity index (χ4v) is 1.55. The summed E-state index contributed by atoms with van der Waals surface area (Å²) in [6, 6.07) is 0. The molecule has 1 nitrogen and oxygen atoms in total. The fourth-order valence-electron chi connectivity index (χ4n) is 1.55. The molecule has 0 aliphatic heterocycles. The minimum absolute atomic E-state index is 0.652. The van der Waals surface area contributed by atoms with Crippen LogP contribution in [0.5, 0.6) is 0 Å². The highest BCUT2D eigenvalue weighted by atomic mass is 16.5. The average Bonchev–Trinajstić information content (AvgIpc) is 1.94. The lowest BCUT2D eigenvalue weighted by Gasteiger charge is -2.23. The van der Waals surface area contributed by atoms with Crippen LogP contribution in [0, 0.1) is 5.92 Å². The number of hydrogen-bond donors (Lipinski definition) is 0. The topological polar surface area (TPSA) is 9.23 Å². The summed E-state index contributed by atoms with van der Waals surface area (Å²) in [5.41, 5.74) is 1.40. The molecule has 0 radical (unpaired) electrons. The zero-order valence-corrected chi connectivity index (χ0v) is 6.73. The van der Waals surface area contributed by atoms with E-state index in [0.29, 0.717) is 5.92 Å². The van der Waals surface area contributed by atoms with Gasteiger partial charge >= 0.3 is 0 Å². The first-order valence-corrected chi connectivity index (χ1v) is 4.01. The van der Waals surface area contributed by atoms with Gasteiger partial charge in [-0.2, -0.15) is 0 Å². The van der Waals surface area contributed by atoms with Crippen molar-refractivity contribution in [2.24, 2.45) is 5.92 Å². The van der Waals surface area contributed by atoms with Crippen molar-refractivity contribution in [3.63, 3.8) is 0 Å². The third-order valence-electron chi connectivity index (χ3n) is 2.25. The van der Waals surface area contributed by atoms with Gasteiger partial charge in [0.1, 0.15) is 0 Å². The molecule has 0 heterocycles. The van der Waals surface area contributed by atoms with Crippen molar-refractivity contribution in [1.82, 2.24) is 0 Å². The van der Waals surface area contributed by atoms with Crippen LogP contribution in [0.3, 0.4) is 0 Å². The molecule has 1 heteroatoms. The van der Waals surface area contributed by atoms with Crippen LogP contribution >= 0.6 is 0 Å². The number of hydrogen-bond acceptors (Lipinski definition) is 1. The maximum absolute atomic E-state index is 5.09. The fraction of sp³-hybridized carbons (Fsp3) is 0.778. The first kappa shape index (κ1) is 7.80. The number of ether oxygens (including phenoxy) is 1. The lowest BCUT2D eigenvalue weighted by Crippen LogP contribution is -2.14. The van der Waals surface area contributed by atoms with Gasteiger partial charge in [-0.25, -0.2) is 0 Å². The predicted molar refractivity (Wildman–Crippen MR) is 43.0 cm³/mol. The Morgan fingerprint density at radius 3 is 3.00 bits per heavy atom. The first-order valence-electron chi connectivity index (χ1n) is 4.01. The van der Waals surface area contributed by atoms with Gasteiger partial charge in [0, 0.05) is 13.0 Å². The van der Waals surface area contributed by atoms with E-state index in [1.165, 1.54) is 31.3 Å². The summed E-state index contributed by atoms with van der Waals surface area (Å²) in [5.74, 6) is 0.652. The summed E-state index contributed by atoms with van der Waals surface area (Å²) in [4.78, 5) is 0. The Kier molecular flexibility index (Phi) is 2.94. The highest BCUT2D eigenvalue weighted by molar-refractivity contribution is 5.03. The van der Waals surface area contributed by atoms with E-state index < -0.39 is 0 Å². The van der Waals surface area contributed by atoms with E-state index in [2.05, 4.69) is 6.58 Å². The van der Waals surface area contributed by atoms with Gasteiger partial charge in [-0.15, -0.1) is 0 Å². The van der Waals surface area contributed by atoms with E-state index in [9.17, 15) is 0 Å². The van der Waals surface area contributed by atoms with E-state index in [1.807, 2.05) is 0 Å². The second-order valence-corrected chi connectivity index (χ2v) is 3.06. The minimum atomic E-state index is 0.652. The van der Waals surface area contributed by atoms with Crippen LogP contribution in [0.2, 0.25) is 0 Å². The summed E-state index contributed by atoms with van der Waals surface area (Å²) in [6.45, 7) is 4.91. The van der Waals surface area contributed by atoms with Gasteiger partial charge in [0.05, 0.1) is 6.61 Å². The summed E-state index contributed by atoms with van der Waals surface area (Å²) in [5, 5.41) is 0. The molecule has 10 heavy (non-hydrogen) atoms. The van der Waals surface area contributed by atoms with Gasteiger partial charge in [0.15, 0.2) is 0 Å². The van der Waals surface area contributed by atoms with Gasteiger partial charge in [-0.05, 0) is 19.3 Å². The molecule has 0 saturated heterocycles. The molecule has 0 aromatic rings. The third kappa shape index (κ3) is 1.84. The second-order valence-electron chi connectivity index (χ2n) is 3.06. The van der Waals surface area contributed by atoms with Crippen LogP contribution in [0.15, 0.2) is 12.2 Å². The molecule has 1 aliphatic carbocycles. The summed E-state index contributed by atoms with van der Waals surface area (Å²) >= 11 is 0. The largest absolute Gasteiger partial charge is 0.384 e. The molecule has 0 aromatic carbocycles. The molecule has 1 atom stereocenters. The highest BCUT2D eigenvalue weighted by Crippen LogP contribution is 2.27. The first-order chi connectivity index (χ1) is 4.84. The van der Waals surface area contributed by atoms with Crippen molar-refractivity contribution in [2.75, 3.05) is 13.7 Å². The molecule has 1 aliphatic rings. The Labute approximate surface area is 63.1 Å². The Morgan fingerprint density at radius 2 is 2.40 bits per heavy atom. The summed E-state index contributed by atoms with van der Waals surface area (Å²) in [6.07, 6.45) is 5.19. The molecule has 1 unspecified atom stereocenters. The van der Waals surface area contributed by atoms with Crippen LogP contribution in [-0.2, 0) is 4.74 Å². The van der Waals surface area contributed by atoms with Crippen LogP contribution in [0.4, 0.5) is 0 Å². The normalized spacial score (nSPS) is 26.9. The smallest absolute Gasteiger partial charge is 0.0527 e. The van der Waals surface area contributed by atoms with Crippen molar-refractivity contribution < 1.29 is 4.74 Å². The van der Waals surface area contributed by atoms with Crippen LogP contribution in [0.25, 0.3) is 0 Å². The molecular weight excluding hydrogens is 124 g/mol. The van der Waals surface area contributed by atoms with Gasteiger partial charge in [0.2, 0.25) is 0 Å². The molecule has 58 valence electrons. The van der Waals surface area contributed by atoms with Crippen LogP contribution in [-0.4, -0.2) is 13.7 Å². The van der Waals surface area contributed by atoms with E-state index in [-0.39, 0.29) is 0 Å². The average molecular weight is 140 g/mol. The molecule has 0 spiro atoms. The van der Waals surface area contributed by atoms with Crippen LogP contribution in [0.1, 0.15) is 25.7 Å². The van der Waals surface area contributed by atoms with Gasteiger partial charge in [0.25, 0.3) is 0 Å². The lowest BCUT2D eigenvalue weighted by atomic mass is 9.86. The molecule has 1 saturated carbocycles. The minimum Gasteiger partial charge on any atom is -0.384 e. The summed E-state index contributed by atoms with van der Waals surface area (Å²) in [7, 11) is 1.77. The Hall–Kier alpha value is -0.300. The Morgan fingerprint density at radius 1 is 1.60 bits per heavy atom. The van der Waals surface area contributed by atoms with E-state index >= 15 is 0 Å². The molecule has 0 bridgehead atoms. The molecule has 0 aromatic heterocycles. The standard InChI is InChI=1S/C9H16O/c1-8-5-3-4-6-9(8)7-10-2/h9H,1,3-7H2,2H3.